The second kappa shape index (κ2) is 5.55. The second-order valence-corrected chi connectivity index (χ2v) is 3.95. The standard InChI is InChI=1S/C10H21NO/c1-9(4-3-7-12)10-5-2-6-11-8-10/h9-12H,2-8H2,1H3. The van der Waals surface area contributed by atoms with Crippen molar-refractivity contribution in [2.75, 3.05) is 19.7 Å². The summed E-state index contributed by atoms with van der Waals surface area (Å²) < 4.78 is 0. The minimum Gasteiger partial charge on any atom is -0.396 e. The highest BCUT2D eigenvalue weighted by Crippen LogP contribution is 2.23. The molecule has 0 aromatic carbocycles. The SMILES string of the molecule is CC(CCCO)C1CCCNC1. The van der Waals surface area contributed by atoms with E-state index in [2.05, 4.69) is 12.2 Å². The molecule has 2 nitrogen and oxygen atoms in total. The van der Waals surface area contributed by atoms with Gasteiger partial charge in [-0.25, -0.2) is 0 Å². The van der Waals surface area contributed by atoms with Gasteiger partial charge in [0.25, 0.3) is 0 Å². The molecule has 1 rings (SSSR count). The van der Waals surface area contributed by atoms with Crippen LogP contribution in [0.25, 0.3) is 0 Å². The van der Waals surface area contributed by atoms with E-state index in [0.29, 0.717) is 6.61 Å². The molecule has 2 unspecified atom stereocenters. The Kier molecular flexibility index (Phi) is 4.62. The minimum absolute atomic E-state index is 0.352. The summed E-state index contributed by atoms with van der Waals surface area (Å²) in [6.07, 6.45) is 4.86. The lowest BCUT2D eigenvalue weighted by Crippen LogP contribution is -2.33. The van der Waals surface area contributed by atoms with E-state index in [1.54, 1.807) is 0 Å². The molecule has 0 aromatic rings. The summed E-state index contributed by atoms with van der Waals surface area (Å²) in [5, 5.41) is 12.1. The van der Waals surface area contributed by atoms with Crippen LogP contribution in [0.15, 0.2) is 0 Å². The van der Waals surface area contributed by atoms with Gasteiger partial charge in [-0.15, -0.1) is 0 Å². The normalized spacial score (nSPS) is 27.0. The first-order valence-corrected chi connectivity index (χ1v) is 5.16. The Morgan fingerprint density at radius 1 is 1.58 bits per heavy atom. The average molecular weight is 171 g/mol. The molecular formula is C10H21NO. The zero-order valence-electron chi connectivity index (χ0n) is 8.05. The molecule has 0 spiro atoms. The van der Waals surface area contributed by atoms with E-state index in [1.807, 2.05) is 0 Å². The first-order chi connectivity index (χ1) is 5.84. The van der Waals surface area contributed by atoms with E-state index in [1.165, 1.54) is 32.4 Å². The van der Waals surface area contributed by atoms with E-state index in [4.69, 9.17) is 5.11 Å². The molecule has 12 heavy (non-hydrogen) atoms. The summed E-state index contributed by atoms with van der Waals surface area (Å²) in [6, 6.07) is 0. The van der Waals surface area contributed by atoms with E-state index < -0.39 is 0 Å². The predicted octanol–water partition coefficient (Wildman–Crippen LogP) is 1.39. The van der Waals surface area contributed by atoms with Crippen molar-refractivity contribution in [3.63, 3.8) is 0 Å². The predicted molar refractivity (Wildman–Crippen MR) is 51.1 cm³/mol. The smallest absolute Gasteiger partial charge is 0.0431 e. The van der Waals surface area contributed by atoms with Crippen LogP contribution in [0.5, 0.6) is 0 Å². The number of hydrogen-bond acceptors (Lipinski definition) is 2. The molecule has 2 atom stereocenters. The molecule has 0 radical (unpaired) electrons. The van der Waals surface area contributed by atoms with Crippen LogP contribution in [0, 0.1) is 11.8 Å². The van der Waals surface area contributed by atoms with Gasteiger partial charge in [-0.1, -0.05) is 6.92 Å². The summed E-state index contributed by atoms with van der Waals surface area (Å²) in [4.78, 5) is 0. The van der Waals surface area contributed by atoms with Crippen molar-refractivity contribution in [3.8, 4) is 0 Å². The highest BCUT2D eigenvalue weighted by atomic mass is 16.2. The van der Waals surface area contributed by atoms with Crippen LogP contribution in [-0.2, 0) is 0 Å². The number of nitrogens with one attached hydrogen (secondary N) is 1. The van der Waals surface area contributed by atoms with Crippen molar-refractivity contribution < 1.29 is 5.11 Å². The molecule has 1 fully saturated rings. The topological polar surface area (TPSA) is 32.3 Å². The Bertz CT molecular complexity index is 110. The Morgan fingerprint density at radius 2 is 2.42 bits per heavy atom. The van der Waals surface area contributed by atoms with Crippen LogP contribution in [0.3, 0.4) is 0 Å². The second-order valence-electron chi connectivity index (χ2n) is 3.95. The highest BCUT2D eigenvalue weighted by molar-refractivity contribution is 4.73. The quantitative estimate of drug-likeness (QED) is 0.670. The lowest BCUT2D eigenvalue weighted by atomic mass is 9.85. The van der Waals surface area contributed by atoms with Crippen molar-refractivity contribution >= 4 is 0 Å². The van der Waals surface area contributed by atoms with Crippen molar-refractivity contribution in [3.05, 3.63) is 0 Å². The fourth-order valence-corrected chi connectivity index (χ4v) is 2.01. The zero-order valence-corrected chi connectivity index (χ0v) is 8.05. The highest BCUT2D eigenvalue weighted by Gasteiger charge is 2.18. The van der Waals surface area contributed by atoms with Crippen LogP contribution >= 0.6 is 0 Å². The van der Waals surface area contributed by atoms with Gasteiger partial charge in [0, 0.05) is 6.61 Å². The van der Waals surface area contributed by atoms with Gasteiger partial charge in [-0.3, -0.25) is 0 Å². The molecule has 1 aliphatic rings. The molecule has 2 N–H and O–H groups in total. The summed E-state index contributed by atoms with van der Waals surface area (Å²) >= 11 is 0. The van der Waals surface area contributed by atoms with Gasteiger partial charge in [0.2, 0.25) is 0 Å². The lowest BCUT2D eigenvalue weighted by Gasteiger charge is -2.28. The molecule has 0 saturated carbocycles. The number of hydrogen-bond donors (Lipinski definition) is 2. The maximum Gasteiger partial charge on any atom is 0.0431 e. The number of rotatable bonds is 4. The fourth-order valence-electron chi connectivity index (χ4n) is 2.01. The Balaban J connectivity index is 2.15. The monoisotopic (exact) mass is 171 g/mol. The molecular weight excluding hydrogens is 150 g/mol. The van der Waals surface area contributed by atoms with Gasteiger partial charge in [0.05, 0.1) is 0 Å². The molecule has 2 heteroatoms. The van der Waals surface area contributed by atoms with Crippen LogP contribution in [-0.4, -0.2) is 24.8 Å². The summed E-state index contributed by atoms with van der Waals surface area (Å²) in [7, 11) is 0. The molecule has 0 aromatic heterocycles. The number of aliphatic hydroxyl groups excluding tert-OH is 1. The van der Waals surface area contributed by atoms with Crippen molar-refractivity contribution in [2.45, 2.75) is 32.6 Å². The average Bonchev–Trinajstić information content (AvgIpc) is 2.15. The van der Waals surface area contributed by atoms with E-state index in [0.717, 1.165) is 18.3 Å². The van der Waals surface area contributed by atoms with Crippen LogP contribution in [0.1, 0.15) is 32.6 Å². The molecule has 0 bridgehead atoms. The van der Waals surface area contributed by atoms with Crippen LogP contribution in [0.2, 0.25) is 0 Å². The molecule has 0 amide bonds. The minimum atomic E-state index is 0.352. The number of aliphatic hydroxyl groups is 1. The summed E-state index contributed by atoms with van der Waals surface area (Å²) in [5.74, 6) is 1.63. The van der Waals surface area contributed by atoms with E-state index >= 15 is 0 Å². The van der Waals surface area contributed by atoms with Gasteiger partial charge >= 0.3 is 0 Å². The Hall–Kier alpha value is -0.0800. The maximum absolute atomic E-state index is 8.70. The van der Waals surface area contributed by atoms with E-state index in [9.17, 15) is 0 Å². The molecule has 0 aliphatic carbocycles. The van der Waals surface area contributed by atoms with Gasteiger partial charge in [0.15, 0.2) is 0 Å². The molecule has 1 heterocycles. The molecule has 1 saturated heterocycles. The molecule has 72 valence electrons. The van der Waals surface area contributed by atoms with Gasteiger partial charge in [0.1, 0.15) is 0 Å². The first-order valence-electron chi connectivity index (χ1n) is 5.16. The first kappa shape index (κ1) is 10.0. The molecule has 1 aliphatic heterocycles. The van der Waals surface area contributed by atoms with Gasteiger partial charge in [-0.05, 0) is 50.6 Å². The van der Waals surface area contributed by atoms with Crippen molar-refractivity contribution in [2.24, 2.45) is 11.8 Å². The van der Waals surface area contributed by atoms with Gasteiger partial charge in [-0.2, -0.15) is 0 Å². The van der Waals surface area contributed by atoms with Crippen LogP contribution < -0.4 is 5.32 Å². The third-order valence-electron chi connectivity index (χ3n) is 2.96. The van der Waals surface area contributed by atoms with Crippen molar-refractivity contribution in [1.82, 2.24) is 5.32 Å². The van der Waals surface area contributed by atoms with E-state index in [-0.39, 0.29) is 0 Å². The van der Waals surface area contributed by atoms with Crippen LogP contribution in [0.4, 0.5) is 0 Å². The largest absolute Gasteiger partial charge is 0.396 e. The Labute approximate surface area is 75.4 Å². The third kappa shape index (κ3) is 3.11. The van der Waals surface area contributed by atoms with Gasteiger partial charge < -0.3 is 10.4 Å². The summed E-state index contributed by atoms with van der Waals surface area (Å²) in [6.45, 7) is 5.05. The maximum atomic E-state index is 8.70. The fraction of sp³-hybridized carbons (Fsp3) is 1.00. The van der Waals surface area contributed by atoms with Crippen molar-refractivity contribution in [1.29, 1.82) is 0 Å². The lowest BCUT2D eigenvalue weighted by molar-refractivity contribution is 0.230. The third-order valence-corrected chi connectivity index (χ3v) is 2.96. The number of piperidine rings is 1. The zero-order chi connectivity index (χ0) is 8.81. The Morgan fingerprint density at radius 3 is 3.00 bits per heavy atom. The summed E-state index contributed by atoms with van der Waals surface area (Å²) in [5.41, 5.74) is 0.